The Morgan fingerprint density at radius 1 is 1.20 bits per heavy atom. The molecule has 2 aromatic heterocycles. The van der Waals surface area contributed by atoms with Gasteiger partial charge in [0.25, 0.3) is 0 Å². The summed E-state index contributed by atoms with van der Waals surface area (Å²) >= 11 is 0. The van der Waals surface area contributed by atoms with Gasteiger partial charge in [0.2, 0.25) is 17.8 Å². The Labute approximate surface area is 172 Å². The van der Waals surface area contributed by atoms with Crippen LogP contribution in [0.3, 0.4) is 0 Å². The lowest BCUT2D eigenvalue weighted by Crippen LogP contribution is -2.37. The molecule has 11 heteroatoms. The molecular weight excluding hydrogens is 399 g/mol. The minimum atomic E-state index is -4.49. The van der Waals surface area contributed by atoms with Crippen LogP contribution in [0, 0.1) is 12.8 Å². The Kier molecular flexibility index (Phi) is 6.68. The summed E-state index contributed by atoms with van der Waals surface area (Å²) in [6, 6.07) is 0.906. The predicted molar refractivity (Wildman–Crippen MR) is 105 cm³/mol. The molecule has 1 fully saturated rings. The van der Waals surface area contributed by atoms with E-state index in [1.807, 2.05) is 0 Å². The van der Waals surface area contributed by atoms with Crippen LogP contribution in [-0.2, 0) is 17.5 Å². The smallest absolute Gasteiger partial charge is 0.357 e. The first-order valence-corrected chi connectivity index (χ1v) is 9.71. The predicted octanol–water partition coefficient (Wildman–Crippen LogP) is 2.92. The van der Waals surface area contributed by atoms with Crippen LogP contribution >= 0.6 is 0 Å². The maximum Gasteiger partial charge on any atom is 0.416 e. The molecule has 1 saturated carbocycles. The molecule has 0 aliphatic heterocycles. The topological polar surface area (TPSA) is 105 Å². The van der Waals surface area contributed by atoms with Gasteiger partial charge in [-0.1, -0.05) is 6.42 Å². The second-order valence-corrected chi connectivity index (χ2v) is 7.23. The molecule has 162 valence electrons. The highest BCUT2D eigenvalue weighted by Gasteiger charge is 2.33. The number of alkyl halides is 3. The monoisotopic (exact) mass is 423 g/mol. The van der Waals surface area contributed by atoms with Gasteiger partial charge in [-0.3, -0.25) is 9.78 Å². The number of hydrogen-bond acceptors (Lipinski definition) is 7. The first-order chi connectivity index (χ1) is 14.3. The maximum atomic E-state index is 13.1. The molecule has 1 aliphatic rings. The van der Waals surface area contributed by atoms with Gasteiger partial charge in [-0.15, -0.1) is 0 Å². The lowest BCUT2D eigenvalue weighted by Gasteiger charge is -2.29. The average molecular weight is 423 g/mol. The molecular formula is C19H24F3N7O. The van der Waals surface area contributed by atoms with E-state index in [-0.39, 0.29) is 30.0 Å². The van der Waals surface area contributed by atoms with Crippen molar-refractivity contribution in [3.8, 4) is 0 Å². The van der Waals surface area contributed by atoms with Gasteiger partial charge in [0, 0.05) is 43.5 Å². The zero-order valence-electron chi connectivity index (χ0n) is 16.8. The van der Waals surface area contributed by atoms with Gasteiger partial charge in [-0.25, -0.2) is 0 Å². The highest BCUT2D eigenvalue weighted by atomic mass is 19.4. The van der Waals surface area contributed by atoms with E-state index in [4.69, 9.17) is 0 Å². The number of aryl methyl sites for hydroxylation is 1. The number of pyridine rings is 1. The molecule has 3 rings (SSSR count). The number of nitrogens with zero attached hydrogens (tertiary/aromatic N) is 4. The fourth-order valence-electron chi connectivity index (χ4n) is 3.57. The fraction of sp³-hybridized carbons (Fsp3) is 0.526. The van der Waals surface area contributed by atoms with Crippen LogP contribution in [-0.4, -0.2) is 38.9 Å². The third-order valence-electron chi connectivity index (χ3n) is 5.01. The summed E-state index contributed by atoms with van der Waals surface area (Å²) in [5.74, 6) is 0.893. The largest absolute Gasteiger partial charge is 0.416 e. The molecule has 0 saturated heterocycles. The van der Waals surface area contributed by atoms with E-state index in [2.05, 4.69) is 35.9 Å². The Hall–Kier alpha value is -2.98. The first-order valence-electron chi connectivity index (χ1n) is 9.71. The molecule has 0 spiro atoms. The Balaban J connectivity index is 1.59. The molecule has 0 bridgehead atoms. The SMILES string of the molecule is CNc1nc(C)nc(N[C@@H]2CCC[C@H](C(=O)NCc3cnccc3C(F)(F)F)C2)n1. The number of halogens is 3. The molecule has 3 N–H and O–H groups in total. The second kappa shape index (κ2) is 9.23. The third kappa shape index (κ3) is 5.55. The van der Waals surface area contributed by atoms with Crippen molar-refractivity contribution in [2.75, 3.05) is 17.7 Å². The number of carbonyl (C=O) groups excluding carboxylic acids is 1. The van der Waals surface area contributed by atoms with Gasteiger partial charge in [-0.05, 0) is 32.3 Å². The van der Waals surface area contributed by atoms with Crippen molar-refractivity contribution in [1.29, 1.82) is 0 Å². The van der Waals surface area contributed by atoms with Crippen LogP contribution in [0.2, 0.25) is 0 Å². The van der Waals surface area contributed by atoms with Crippen molar-refractivity contribution in [1.82, 2.24) is 25.3 Å². The number of aromatic nitrogens is 4. The molecule has 2 heterocycles. The van der Waals surface area contributed by atoms with Gasteiger partial charge in [0.15, 0.2) is 0 Å². The number of amides is 1. The van der Waals surface area contributed by atoms with Crippen LogP contribution in [0.1, 0.15) is 42.6 Å². The molecule has 0 radical (unpaired) electrons. The summed E-state index contributed by atoms with van der Waals surface area (Å²) in [5.41, 5.74) is -0.837. The molecule has 30 heavy (non-hydrogen) atoms. The minimum absolute atomic E-state index is 0.00914. The van der Waals surface area contributed by atoms with Crippen molar-refractivity contribution < 1.29 is 18.0 Å². The Morgan fingerprint density at radius 3 is 2.70 bits per heavy atom. The standard InChI is InChI=1S/C19H24F3N7O/c1-11-26-17(23-2)29-18(27-11)28-14-5-3-4-12(8-14)16(30)25-10-13-9-24-7-6-15(13)19(20,21)22/h6-7,9,12,14H,3-5,8,10H2,1-2H3,(H,25,30)(H2,23,26,27,28,29)/t12-,14+/m0/s1. The van der Waals surface area contributed by atoms with E-state index >= 15 is 0 Å². The molecule has 1 amide bonds. The highest BCUT2D eigenvalue weighted by Crippen LogP contribution is 2.31. The van der Waals surface area contributed by atoms with E-state index in [9.17, 15) is 18.0 Å². The summed E-state index contributed by atoms with van der Waals surface area (Å²) < 4.78 is 39.3. The first kappa shape index (κ1) is 21.7. The quantitative estimate of drug-likeness (QED) is 0.656. The van der Waals surface area contributed by atoms with E-state index < -0.39 is 11.7 Å². The average Bonchev–Trinajstić information content (AvgIpc) is 2.71. The van der Waals surface area contributed by atoms with Crippen molar-refractivity contribution in [3.05, 3.63) is 35.4 Å². The van der Waals surface area contributed by atoms with Crippen molar-refractivity contribution in [3.63, 3.8) is 0 Å². The number of carbonyl (C=O) groups is 1. The van der Waals surface area contributed by atoms with Crippen molar-refractivity contribution >= 4 is 17.8 Å². The van der Waals surface area contributed by atoms with Crippen LogP contribution in [0.25, 0.3) is 0 Å². The van der Waals surface area contributed by atoms with E-state index in [1.54, 1.807) is 14.0 Å². The molecule has 1 aliphatic carbocycles. The number of anilines is 2. The summed E-state index contributed by atoms with van der Waals surface area (Å²) in [5, 5.41) is 8.75. The highest BCUT2D eigenvalue weighted by molar-refractivity contribution is 5.78. The van der Waals surface area contributed by atoms with Crippen LogP contribution in [0.4, 0.5) is 25.1 Å². The molecule has 0 aromatic carbocycles. The van der Waals surface area contributed by atoms with Gasteiger partial charge in [0.1, 0.15) is 5.82 Å². The maximum absolute atomic E-state index is 13.1. The summed E-state index contributed by atoms with van der Waals surface area (Å²) in [6.45, 7) is 1.55. The summed E-state index contributed by atoms with van der Waals surface area (Å²) in [7, 11) is 1.71. The number of rotatable bonds is 6. The molecule has 0 unspecified atom stereocenters. The minimum Gasteiger partial charge on any atom is -0.357 e. The lowest BCUT2D eigenvalue weighted by atomic mass is 9.85. The van der Waals surface area contributed by atoms with Crippen LogP contribution < -0.4 is 16.0 Å². The van der Waals surface area contributed by atoms with Crippen LogP contribution in [0.15, 0.2) is 18.5 Å². The van der Waals surface area contributed by atoms with Gasteiger partial charge in [-0.2, -0.15) is 28.1 Å². The second-order valence-electron chi connectivity index (χ2n) is 7.23. The Bertz CT molecular complexity index is 891. The third-order valence-corrected chi connectivity index (χ3v) is 5.01. The van der Waals surface area contributed by atoms with Crippen molar-refractivity contribution in [2.45, 2.75) is 51.4 Å². The zero-order chi connectivity index (χ0) is 21.7. The van der Waals surface area contributed by atoms with Crippen LogP contribution in [0.5, 0.6) is 0 Å². The fourth-order valence-corrected chi connectivity index (χ4v) is 3.57. The molecule has 2 aromatic rings. The number of nitrogens with one attached hydrogen (secondary N) is 3. The van der Waals surface area contributed by atoms with Crippen molar-refractivity contribution in [2.24, 2.45) is 5.92 Å². The lowest BCUT2D eigenvalue weighted by molar-refractivity contribution is -0.138. The normalized spacial score (nSPS) is 19.2. The zero-order valence-corrected chi connectivity index (χ0v) is 16.8. The van der Waals surface area contributed by atoms with E-state index in [0.717, 1.165) is 31.3 Å². The summed E-state index contributed by atoms with van der Waals surface area (Å²) in [6.07, 6.45) is 0.637. The van der Waals surface area contributed by atoms with Gasteiger partial charge in [0.05, 0.1) is 5.56 Å². The van der Waals surface area contributed by atoms with E-state index in [1.165, 1.54) is 0 Å². The molecule has 8 nitrogen and oxygen atoms in total. The molecule has 2 atom stereocenters. The van der Waals surface area contributed by atoms with Gasteiger partial charge >= 0.3 is 6.18 Å². The van der Waals surface area contributed by atoms with Gasteiger partial charge < -0.3 is 16.0 Å². The van der Waals surface area contributed by atoms with E-state index in [0.29, 0.717) is 30.6 Å². The summed E-state index contributed by atoms with van der Waals surface area (Å²) in [4.78, 5) is 29.0. The Morgan fingerprint density at radius 2 is 1.97 bits per heavy atom. The number of hydrogen-bond donors (Lipinski definition) is 3.